The van der Waals surface area contributed by atoms with E-state index in [0.717, 1.165) is 12.8 Å². The fraction of sp³-hybridized carbons (Fsp3) is 0.625. The van der Waals surface area contributed by atoms with E-state index in [2.05, 4.69) is 0 Å². The highest BCUT2D eigenvalue weighted by molar-refractivity contribution is 5.21. The van der Waals surface area contributed by atoms with E-state index in [9.17, 15) is 8.78 Å². The molecule has 20 heavy (non-hydrogen) atoms. The second-order valence-electron chi connectivity index (χ2n) is 5.67. The minimum Gasteiger partial charge on any atom is -0.380 e. The van der Waals surface area contributed by atoms with Crippen LogP contribution in [0.25, 0.3) is 0 Å². The molecule has 0 saturated heterocycles. The van der Waals surface area contributed by atoms with Gasteiger partial charge < -0.3 is 10.5 Å². The fourth-order valence-corrected chi connectivity index (χ4v) is 3.26. The third-order valence-electron chi connectivity index (χ3n) is 4.31. The zero-order chi connectivity index (χ0) is 14.5. The van der Waals surface area contributed by atoms with Gasteiger partial charge in [0.15, 0.2) is 0 Å². The lowest BCUT2D eigenvalue weighted by molar-refractivity contribution is 0.0175. The topological polar surface area (TPSA) is 35.2 Å². The first-order valence-corrected chi connectivity index (χ1v) is 7.34. The molecular formula is C16H23F2NO. The molecule has 2 rings (SSSR count). The first kappa shape index (κ1) is 15.4. The zero-order valence-corrected chi connectivity index (χ0v) is 11.9. The lowest BCUT2D eigenvalue weighted by Gasteiger charge is -2.33. The average Bonchev–Trinajstić information content (AvgIpc) is 2.45. The van der Waals surface area contributed by atoms with Gasteiger partial charge in [0.25, 0.3) is 0 Å². The first-order valence-electron chi connectivity index (χ1n) is 7.34. The standard InChI is InChI=1S/C16H23F2NO/c1-20-16(11-6-3-2-4-7-11)15(19)10-12-13(17)8-5-9-14(12)18/h5,8-9,11,15-16H,2-4,6-7,10,19H2,1H3. The average molecular weight is 283 g/mol. The van der Waals surface area contributed by atoms with Crippen LogP contribution in [0.1, 0.15) is 37.7 Å². The molecule has 112 valence electrons. The van der Waals surface area contributed by atoms with Crippen LogP contribution in [0.15, 0.2) is 18.2 Å². The molecule has 1 aliphatic rings. The van der Waals surface area contributed by atoms with Gasteiger partial charge in [0.2, 0.25) is 0 Å². The zero-order valence-electron chi connectivity index (χ0n) is 11.9. The van der Waals surface area contributed by atoms with Crippen molar-refractivity contribution in [2.75, 3.05) is 7.11 Å². The highest BCUT2D eigenvalue weighted by Gasteiger charge is 2.29. The molecule has 0 heterocycles. The van der Waals surface area contributed by atoms with Crippen molar-refractivity contribution in [2.24, 2.45) is 11.7 Å². The summed E-state index contributed by atoms with van der Waals surface area (Å²) in [6.07, 6.45) is 5.85. The van der Waals surface area contributed by atoms with Crippen molar-refractivity contribution >= 4 is 0 Å². The summed E-state index contributed by atoms with van der Waals surface area (Å²) in [6.45, 7) is 0. The van der Waals surface area contributed by atoms with E-state index in [0.29, 0.717) is 5.92 Å². The highest BCUT2D eigenvalue weighted by atomic mass is 19.1. The molecule has 2 unspecified atom stereocenters. The van der Waals surface area contributed by atoms with Crippen molar-refractivity contribution in [1.29, 1.82) is 0 Å². The third-order valence-corrected chi connectivity index (χ3v) is 4.31. The van der Waals surface area contributed by atoms with Crippen LogP contribution in [0.3, 0.4) is 0 Å². The lowest BCUT2D eigenvalue weighted by atomic mass is 9.81. The fourth-order valence-electron chi connectivity index (χ4n) is 3.26. The van der Waals surface area contributed by atoms with Crippen LogP contribution in [-0.2, 0) is 11.2 Å². The number of nitrogens with two attached hydrogens (primary N) is 1. The van der Waals surface area contributed by atoms with Crippen LogP contribution < -0.4 is 5.73 Å². The maximum absolute atomic E-state index is 13.7. The van der Waals surface area contributed by atoms with E-state index in [4.69, 9.17) is 10.5 Å². The summed E-state index contributed by atoms with van der Waals surface area (Å²) in [5.41, 5.74) is 6.24. The Kier molecular flexibility index (Phi) is 5.49. The Labute approximate surface area is 119 Å². The summed E-state index contributed by atoms with van der Waals surface area (Å²) in [5.74, 6) is -0.656. The Morgan fingerprint density at radius 1 is 1.20 bits per heavy atom. The summed E-state index contributed by atoms with van der Waals surface area (Å²) in [5, 5.41) is 0. The molecule has 0 radical (unpaired) electrons. The van der Waals surface area contributed by atoms with Gasteiger partial charge in [0, 0.05) is 18.7 Å². The molecule has 1 fully saturated rings. The van der Waals surface area contributed by atoms with Gasteiger partial charge >= 0.3 is 0 Å². The van der Waals surface area contributed by atoms with Gasteiger partial charge in [0.1, 0.15) is 11.6 Å². The molecule has 2 atom stereocenters. The Hall–Kier alpha value is -1.00. The number of benzene rings is 1. The van der Waals surface area contributed by atoms with Gasteiger partial charge in [-0.25, -0.2) is 8.78 Å². The summed E-state index contributed by atoms with van der Waals surface area (Å²) in [6, 6.07) is 3.53. The van der Waals surface area contributed by atoms with Crippen molar-refractivity contribution in [2.45, 2.75) is 50.7 Å². The van der Waals surface area contributed by atoms with Gasteiger partial charge in [0.05, 0.1) is 6.10 Å². The smallest absolute Gasteiger partial charge is 0.129 e. The molecule has 2 nitrogen and oxygen atoms in total. The molecule has 0 aromatic heterocycles. The summed E-state index contributed by atoms with van der Waals surface area (Å²) in [4.78, 5) is 0. The van der Waals surface area contributed by atoms with Crippen molar-refractivity contribution in [3.8, 4) is 0 Å². The Bertz CT molecular complexity index is 412. The molecular weight excluding hydrogens is 260 g/mol. The summed E-state index contributed by atoms with van der Waals surface area (Å²) >= 11 is 0. The second kappa shape index (κ2) is 7.14. The number of halogens is 2. The SMILES string of the molecule is COC(C(N)Cc1c(F)cccc1F)C1CCCCC1. The van der Waals surface area contributed by atoms with Crippen LogP contribution >= 0.6 is 0 Å². The lowest BCUT2D eigenvalue weighted by Crippen LogP contribution is -2.43. The maximum Gasteiger partial charge on any atom is 0.129 e. The Balaban J connectivity index is 2.06. The van der Waals surface area contributed by atoms with Crippen molar-refractivity contribution in [1.82, 2.24) is 0 Å². The Morgan fingerprint density at radius 3 is 2.35 bits per heavy atom. The molecule has 0 bridgehead atoms. The number of rotatable bonds is 5. The minimum atomic E-state index is -0.529. The van der Waals surface area contributed by atoms with Gasteiger partial charge in [-0.1, -0.05) is 25.3 Å². The van der Waals surface area contributed by atoms with Crippen LogP contribution in [0, 0.1) is 17.6 Å². The van der Waals surface area contributed by atoms with E-state index in [1.807, 2.05) is 0 Å². The molecule has 1 aromatic rings. The largest absolute Gasteiger partial charge is 0.380 e. The molecule has 2 N–H and O–H groups in total. The maximum atomic E-state index is 13.7. The summed E-state index contributed by atoms with van der Waals surface area (Å²) < 4.78 is 32.9. The van der Waals surface area contributed by atoms with Crippen LogP contribution in [-0.4, -0.2) is 19.3 Å². The van der Waals surface area contributed by atoms with Crippen LogP contribution in [0.5, 0.6) is 0 Å². The molecule has 4 heteroatoms. The third kappa shape index (κ3) is 3.55. The molecule has 1 aromatic carbocycles. The summed E-state index contributed by atoms with van der Waals surface area (Å²) in [7, 11) is 1.64. The molecule has 0 aliphatic heterocycles. The monoisotopic (exact) mass is 283 g/mol. The first-order chi connectivity index (χ1) is 9.63. The minimum absolute atomic E-state index is 0.0675. The molecule has 0 spiro atoms. The molecule has 0 amide bonds. The van der Waals surface area contributed by atoms with Gasteiger partial charge in [-0.3, -0.25) is 0 Å². The predicted molar refractivity (Wildman–Crippen MR) is 75.4 cm³/mol. The quantitative estimate of drug-likeness (QED) is 0.898. The molecule has 1 saturated carbocycles. The molecule has 1 aliphatic carbocycles. The predicted octanol–water partition coefficient (Wildman–Crippen LogP) is 3.43. The number of ether oxygens (including phenoxy) is 1. The van der Waals surface area contributed by atoms with E-state index in [1.54, 1.807) is 7.11 Å². The van der Waals surface area contributed by atoms with Crippen molar-refractivity contribution < 1.29 is 13.5 Å². The number of methoxy groups -OCH3 is 1. The van der Waals surface area contributed by atoms with Crippen molar-refractivity contribution in [3.63, 3.8) is 0 Å². The Morgan fingerprint density at radius 2 is 1.80 bits per heavy atom. The highest BCUT2D eigenvalue weighted by Crippen LogP contribution is 2.30. The van der Waals surface area contributed by atoms with E-state index < -0.39 is 11.6 Å². The van der Waals surface area contributed by atoms with Gasteiger partial charge in [-0.15, -0.1) is 0 Å². The van der Waals surface area contributed by atoms with E-state index in [1.165, 1.54) is 37.5 Å². The van der Waals surface area contributed by atoms with E-state index >= 15 is 0 Å². The normalized spacial score (nSPS) is 19.8. The second-order valence-corrected chi connectivity index (χ2v) is 5.67. The number of hydrogen-bond acceptors (Lipinski definition) is 2. The van der Waals surface area contributed by atoms with Crippen molar-refractivity contribution in [3.05, 3.63) is 35.4 Å². The van der Waals surface area contributed by atoms with Gasteiger partial charge in [-0.05, 0) is 37.3 Å². The number of hydrogen-bond donors (Lipinski definition) is 1. The van der Waals surface area contributed by atoms with E-state index in [-0.39, 0.29) is 24.1 Å². The van der Waals surface area contributed by atoms with Crippen LogP contribution in [0.4, 0.5) is 8.78 Å². The van der Waals surface area contributed by atoms with Crippen LogP contribution in [0.2, 0.25) is 0 Å². The van der Waals surface area contributed by atoms with Gasteiger partial charge in [-0.2, -0.15) is 0 Å².